The second-order valence-corrected chi connectivity index (χ2v) is 6.26. The number of aliphatic hydroxyl groups is 1. The van der Waals surface area contributed by atoms with E-state index in [1.807, 2.05) is 18.2 Å². The molecule has 1 heterocycles. The van der Waals surface area contributed by atoms with Gasteiger partial charge in [0, 0.05) is 17.6 Å². The fourth-order valence-electron chi connectivity index (χ4n) is 2.94. The van der Waals surface area contributed by atoms with Crippen molar-refractivity contribution >= 4 is 22.4 Å². The molecule has 1 aliphatic carbocycles. The monoisotopic (exact) mass is 286 g/mol. The molecule has 5 heteroatoms. The Morgan fingerprint density at radius 3 is 2.86 bits per heavy atom. The Kier molecular flexibility index (Phi) is 3.68. The lowest BCUT2D eigenvalue weighted by atomic mass is 9.79. The Balaban J connectivity index is 1.77. The summed E-state index contributed by atoms with van der Waals surface area (Å²) in [7, 11) is 0. The van der Waals surface area contributed by atoms with Gasteiger partial charge >= 0.3 is 0 Å². The third-order valence-corrected chi connectivity index (χ3v) is 4.45. The van der Waals surface area contributed by atoms with E-state index >= 15 is 0 Å². The van der Waals surface area contributed by atoms with E-state index < -0.39 is 5.60 Å². The predicted molar refractivity (Wildman–Crippen MR) is 85.0 cm³/mol. The molecule has 1 aromatic heterocycles. The topological polar surface area (TPSA) is 84.1 Å². The van der Waals surface area contributed by atoms with Gasteiger partial charge < -0.3 is 16.2 Å². The van der Waals surface area contributed by atoms with Crippen molar-refractivity contribution in [2.45, 2.75) is 38.2 Å². The summed E-state index contributed by atoms with van der Waals surface area (Å²) in [6.45, 7) is 2.76. The van der Waals surface area contributed by atoms with Gasteiger partial charge in [-0.25, -0.2) is 9.97 Å². The van der Waals surface area contributed by atoms with E-state index in [2.05, 4.69) is 22.2 Å². The van der Waals surface area contributed by atoms with Gasteiger partial charge in [-0.05, 0) is 49.8 Å². The Morgan fingerprint density at radius 1 is 1.33 bits per heavy atom. The Bertz CT molecular complexity index is 635. The maximum atomic E-state index is 10.6. The molecule has 1 aliphatic rings. The predicted octanol–water partition coefficient (Wildman–Crippen LogP) is 2.57. The van der Waals surface area contributed by atoms with E-state index in [0.717, 1.165) is 42.4 Å². The Morgan fingerprint density at radius 2 is 2.10 bits per heavy atom. The SMILES string of the molecule is CC1CCC(O)(CNc2ncnc3ccc(N)cc23)CC1. The largest absolute Gasteiger partial charge is 0.399 e. The normalized spacial score (nSPS) is 25.9. The fourth-order valence-corrected chi connectivity index (χ4v) is 2.94. The first-order valence-corrected chi connectivity index (χ1v) is 7.52. The minimum absolute atomic E-state index is 0.515. The standard InChI is InChI=1S/C16H22N4O/c1-11-4-6-16(21,7-5-11)9-18-15-13-8-12(17)2-3-14(13)19-10-20-15/h2-3,8,10-11,21H,4-7,9,17H2,1H3,(H,18,19,20). The van der Waals surface area contributed by atoms with Crippen molar-refractivity contribution in [3.63, 3.8) is 0 Å². The molecule has 0 bridgehead atoms. The summed E-state index contributed by atoms with van der Waals surface area (Å²) in [5.74, 6) is 1.45. The number of benzene rings is 1. The molecule has 1 fully saturated rings. The van der Waals surface area contributed by atoms with Gasteiger partial charge in [0.05, 0.1) is 11.1 Å². The van der Waals surface area contributed by atoms with Crippen LogP contribution in [0.3, 0.4) is 0 Å². The molecule has 112 valence electrons. The van der Waals surface area contributed by atoms with E-state index in [-0.39, 0.29) is 0 Å². The second-order valence-electron chi connectivity index (χ2n) is 6.26. The van der Waals surface area contributed by atoms with Crippen LogP contribution < -0.4 is 11.1 Å². The van der Waals surface area contributed by atoms with Gasteiger partial charge in [-0.15, -0.1) is 0 Å². The fraction of sp³-hybridized carbons (Fsp3) is 0.500. The zero-order valence-electron chi connectivity index (χ0n) is 12.3. The van der Waals surface area contributed by atoms with E-state index in [0.29, 0.717) is 18.2 Å². The van der Waals surface area contributed by atoms with Gasteiger partial charge in [0.15, 0.2) is 0 Å². The second kappa shape index (κ2) is 5.48. The maximum absolute atomic E-state index is 10.6. The summed E-state index contributed by atoms with van der Waals surface area (Å²) in [6, 6.07) is 5.58. The molecule has 21 heavy (non-hydrogen) atoms. The van der Waals surface area contributed by atoms with Crippen LogP contribution in [0.5, 0.6) is 0 Å². The Hall–Kier alpha value is -1.88. The van der Waals surface area contributed by atoms with Crippen molar-refractivity contribution in [1.82, 2.24) is 9.97 Å². The molecule has 0 amide bonds. The van der Waals surface area contributed by atoms with Gasteiger partial charge in [0.25, 0.3) is 0 Å². The average molecular weight is 286 g/mol. The number of nitrogen functional groups attached to an aromatic ring is 1. The molecule has 4 N–H and O–H groups in total. The number of nitrogens with zero attached hydrogens (tertiary/aromatic N) is 2. The first-order chi connectivity index (χ1) is 10.1. The quantitative estimate of drug-likeness (QED) is 0.755. The first kappa shape index (κ1) is 14.1. The highest BCUT2D eigenvalue weighted by Crippen LogP contribution is 2.32. The highest BCUT2D eigenvalue weighted by atomic mass is 16.3. The number of nitrogens with one attached hydrogen (secondary N) is 1. The molecule has 0 atom stereocenters. The highest BCUT2D eigenvalue weighted by Gasteiger charge is 2.31. The number of aromatic nitrogens is 2. The smallest absolute Gasteiger partial charge is 0.137 e. The van der Waals surface area contributed by atoms with Crippen molar-refractivity contribution in [2.24, 2.45) is 5.92 Å². The molecule has 0 unspecified atom stereocenters. The molecule has 1 aromatic carbocycles. The lowest BCUT2D eigenvalue weighted by molar-refractivity contribution is 0.00497. The van der Waals surface area contributed by atoms with Crippen molar-refractivity contribution in [2.75, 3.05) is 17.6 Å². The number of hydrogen-bond acceptors (Lipinski definition) is 5. The van der Waals surface area contributed by atoms with Crippen LogP contribution in [-0.4, -0.2) is 27.2 Å². The highest BCUT2D eigenvalue weighted by molar-refractivity contribution is 5.91. The van der Waals surface area contributed by atoms with Gasteiger partial charge in [-0.1, -0.05) is 6.92 Å². The van der Waals surface area contributed by atoms with E-state index in [1.54, 1.807) is 0 Å². The number of rotatable bonds is 3. The summed E-state index contributed by atoms with van der Waals surface area (Å²) in [5, 5.41) is 14.8. The minimum atomic E-state index is -0.635. The number of anilines is 2. The molecular formula is C16H22N4O. The molecule has 5 nitrogen and oxygen atoms in total. The summed E-state index contributed by atoms with van der Waals surface area (Å²) >= 11 is 0. The number of nitrogens with two attached hydrogens (primary N) is 1. The summed E-state index contributed by atoms with van der Waals surface area (Å²) < 4.78 is 0. The van der Waals surface area contributed by atoms with Crippen LogP contribution >= 0.6 is 0 Å². The molecular weight excluding hydrogens is 264 g/mol. The van der Waals surface area contributed by atoms with E-state index in [9.17, 15) is 5.11 Å². The zero-order valence-corrected chi connectivity index (χ0v) is 12.3. The molecule has 0 radical (unpaired) electrons. The van der Waals surface area contributed by atoms with Crippen molar-refractivity contribution in [3.05, 3.63) is 24.5 Å². The minimum Gasteiger partial charge on any atom is -0.399 e. The van der Waals surface area contributed by atoms with Crippen LogP contribution in [0.25, 0.3) is 10.9 Å². The lowest BCUT2D eigenvalue weighted by Gasteiger charge is -2.35. The molecule has 0 saturated heterocycles. The summed E-state index contributed by atoms with van der Waals surface area (Å²) in [6.07, 6.45) is 5.37. The molecule has 1 saturated carbocycles. The summed E-state index contributed by atoms with van der Waals surface area (Å²) in [5.41, 5.74) is 6.74. The van der Waals surface area contributed by atoms with Crippen molar-refractivity contribution in [1.29, 1.82) is 0 Å². The third-order valence-electron chi connectivity index (χ3n) is 4.45. The van der Waals surface area contributed by atoms with Crippen LogP contribution in [-0.2, 0) is 0 Å². The van der Waals surface area contributed by atoms with Crippen molar-refractivity contribution in [3.8, 4) is 0 Å². The van der Waals surface area contributed by atoms with Crippen LogP contribution in [0, 0.1) is 5.92 Å². The van der Waals surface area contributed by atoms with E-state index in [1.165, 1.54) is 6.33 Å². The number of hydrogen-bond donors (Lipinski definition) is 3. The third kappa shape index (κ3) is 3.08. The van der Waals surface area contributed by atoms with Crippen LogP contribution in [0.2, 0.25) is 0 Å². The van der Waals surface area contributed by atoms with E-state index in [4.69, 9.17) is 5.73 Å². The van der Waals surface area contributed by atoms with Crippen LogP contribution in [0.4, 0.5) is 11.5 Å². The molecule has 2 aromatic rings. The summed E-state index contributed by atoms with van der Waals surface area (Å²) in [4.78, 5) is 8.53. The molecule has 0 aliphatic heterocycles. The molecule has 0 spiro atoms. The van der Waals surface area contributed by atoms with Crippen molar-refractivity contribution < 1.29 is 5.11 Å². The van der Waals surface area contributed by atoms with Gasteiger partial charge in [0.1, 0.15) is 12.1 Å². The average Bonchev–Trinajstić information content (AvgIpc) is 2.49. The Labute approximate surface area is 124 Å². The first-order valence-electron chi connectivity index (χ1n) is 7.52. The van der Waals surface area contributed by atoms with Gasteiger partial charge in [0.2, 0.25) is 0 Å². The van der Waals surface area contributed by atoms with Crippen LogP contribution in [0.1, 0.15) is 32.6 Å². The zero-order chi connectivity index (χ0) is 14.9. The lowest BCUT2D eigenvalue weighted by Crippen LogP contribution is -2.40. The van der Waals surface area contributed by atoms with Gasteiger partial charge in [-0.3, -0.25) is 0 Å². The number of fused-ring (bicyclic) bond motifs is 1. The van der Waals surface area contributed by atoms with Gasteiger partial charge in [-0.2, -0.15) is 0 Å². The molecule has 3 rings (SSSR count). The maximum Gasteiger partial charge on any atom is 0.137 e. The van der Waals surface area contributed by atoms with Crippen LogP contribution in [0.15, 0.2) is 24.5 Å².